The summed E-state index contributed by atoms with van der Waals surface area (Å²) in [4.78, 5) is 6.54. The van der Waals surface area contributed by atoms with E-state index in [1.165, 1.54) is 17.7 Å². The van der Waals surface area contributed by atoms with E-state index in [4.69, 9.17) is 0 Å². The van der Waals surface area contributed by atoms with Crippen LogP contribution in [0, 0.1) is 6.92 Å². The zero-order valence-corrected chi connectivity index (χ0v) is 12.0. The Kier molecular flexibility index (Phi) is 3.45. The lowest BCUT2D eigenvalue weighted by atomic mass is 9.95. The van der Waals surface area contributed by atoms with Gasteiger partial charge in [-0.1, -0.05) is 18.2 Å². The number of hydrogen-bond acceptors (Lipinski definition) is 3. The lowest BCUT2D eigenvalue weighted by Gasteiger charge is -2.28. The van der Waals surface area contributed by atoms with Gasteiger partial charge in [-0.2, -0.15) is 0 Å². The number of aliphatic hydroxyl groups is 1. The van der Waals surface area contributed by atoms with Gasteiger partial charge in [-0.05, 0) is 43.0 Å². The third-order valence-electron chi connectivity index (χ3n) is 4.02. The number of benzene rings is 1. The van der Waals surface area contributed by atoms with Crippen molar-refractivity contribution in [1.29, 1.82) is 0 Å². The quantitative estimate of drug-likeness (QED) is 0.910. The first-order valence-corrected chi connectivity index (χ1v) is 7.10. The molecule has 0 aliphatic carbocycles. The van der Waals surface area contributed by atoms with Gasteiger partial charge in [0, 0.05) is 36.7 Å². The van der Waals surface area contributed by atoms with E-state index in [2.05, 4.69) is 29.1 Å². The number of aliphatic hydroxyl groups excluding tert-OH is 1. The molecule has 0 amide bonds. The molecule has 1 unspecified atom stereocenters. The second-order valence-electron chi connectivity index (χ2n) is 5.55. The Labute approximate surface area is 119 Å². The van der Waals surface area contributed by atoms with Crippen molar-refractivity contribution in [3.8, 4) is 0 Å². The molecule has 20 heavy (non-hydrogen) atoms. The minimum absolute atomic E-state index is 0.597. The number of pyridine rings is 1. The summed E-state index contributed by atoms with van der Waals surface area (Å²) in [5.41, 5.74) is 5.38. The molecule has 0 saturated heterocycles. The smallest absolute Gasteiger partial charge is 0.106 e. The molecule has 1 aromatic heterocycles. The van der Waals surface area contributed by atoms with Gasteiger partial charge in [0.05, 0.1) is 0 Å². The highest BCUT2D eigenvalue weighted by Crippen LogP contribution is 2.30. The van der Waals surface area contributed by atoms with Crippen molar-refractivity contribution >= 4 is 5.69 Å². The van der Waals surface area contributed by atoms with Crippen LogP contribution < -0.4 is 4.90 Å². The van der Waals surface area contributed by atoms with Gasteiger partial charge in [0.1, 0.15) is 6.10 Å². The number of aromatic nitrogens is 1. The van der Waals surface area contributed by atoms with Crippen molar-refractivity contribution in [1.82, 2.24) is 4.98 Å². The molecule has 0 bridgehead atoms. The van der Waals surface area contributed by atoms with Crippen LogP contribution in [0.25, 0.3) is 0 Å². The minimum atomic E-state index is -0.597. The van der Waals surface area contributed by atoms with Gasteiger partial charge in [0.25, 0.3) is 0 Å². The number of aryl methyl sites for hydroxylation is 2. The fourth-order valence-corrected chi connectivity index (χ4v) is 2.81. The predicted octanol–water partition coefficient (Wildman–Crippen LogP) is 2.85. The summed E-state index contributed by atoms with van der Waals surface area (Å²) in [6.07, 6.45) is 3.42. The number of anilines is 1. The van der Waals surface area contributed by atoms with Crippen LogP contribution in [-0.4, -0.2) is 23.7 Å². The monoisotopic (exact) mass is 268 g/mol. The summed E-state index contributed by atoms with van der Waals surface area (Å²) < 4.78 is 0. The molecule has 3 nitrogen and oxygen atoms in total. The molecule has 2 aromatic rings. The minimum Gasteiger partial charge on any atom is -0.384 e. The molecule has 0 fully saturated rings. The maximum Gasteiger partial charge on any atom is 0.106 e. The van der Waals surface area contributed by atoms with Gasteiger partial charge in [-0.25, -0.2) is 0 Å². The van der Waals surface area contributed by atoms with Gasteiger partial charge in [0.2, 0.25) is 0 Å². The zero-order valence-electron chi connectivity index (χ0n) is 12.0. The number of rotatable bonds is 2. The summed E-state index contributed by atoms with van der Waals surface area (Å²) in [5.74, 6) is 0. The van der Waals surface area contributed by atoms with Crippen LogP contribution in [0.15, 0.2) is 36.5 Å². The Hall–Kier alpha value is -1.87. The molecule has 0 saturated carbocycles. The summed E-state index contributed by atoms with van der Waals surface area (Å²) in [5, 5.41) is 10.5. The van der Waals surface area contributed by atoms with Crippen molar-refractivity contribution in [2.75, 3.05) is 18.5 Å². The average Bonchev–Trinajstić information content (AvgIpc) is 2.47. The molecule has 0 radical (unpaired) electrons. The van der Waals surface area contributed by atoms with Crippen molar-refractivity contribution in [3.05, 3.63) is 58.9 Å². The van der Waals surface area contributed by atoms with E-state index >= 15 is 0 Å². The van der Waals surface area contributed by atoms with E-state index in [0.717, 1.165) is 29.8 Å². The highest BCUT2D eigenvalue weighted by atomic mass is 16.3. The van der Waals surface area contributed by atoms with E-state index in [1.54, 1.807) is 6.20 Å². The number of nitrogens with zero attached hydrogens (tertiary/aromatic N) is 2. The Bertz CT molecular complexity index is 607. The van der Waals surface area contributed by atoms with Gasteiger partial charge < -0.3 is 10.0 Å². The number of fused-ring (bicyclic) bond motifs is 1. The normalized spacial score (nSPS) is 15.8. The molecule has 2 heterocycles. The van der Waals surface area contributed by atoms with Crippen LogP contribution >= 0.6 is 0 Å². The van der Waals surface area contributed by atoms with E-state index in [9.17, 15) is 5.11 Å². The van der Waals surface area contributed by atoms with Crippen molar-refractivity contribution in [2.24, 2.45) is 0 Å². The van der Waals surface area contributed by atoms with Crippen molar-refractivity contribution < 1.29 is 5.11 Å². The Morgan fingerprint density at radius 3 is 2.75 bits per heavy atom. The number of hydrogen-bond donors (Lipinski definition) is 1. The third kappa shape index (κ3) is 2.41. The van der Waals surface area contributed by atoms with Gasteiger partial charge in [-0.15, -0.1) is 0 Å². The van der Waals surface area contributed by atoms with Gasteiger partial charge >= 0.3 is 0 Å². The first kappa shape index (κ1) is 13.1. The van der Waals surface area contributed by atoms with E-state index in [0.29, 0.717) is 0 Å². The molecule has 1 atom stereocenters. The average molecular weight is 268 g/mol. The Morgan fingerprint density at radius 1 is 1.20 bits per heavy atom. The van der Waals surface area contributed by atoms with Crippen LogP contribution in [0.3, 0.4) is 0 Å². The SMILES string of the molecule is Cc1ccc(C(O)c2ccc3c(c2)CCCN3C)cn1. The van der Waals surface area contributed by atoms with Crippen LogP contribution in [0.2, 0.25) is 0 Å². The van der Waals surface area contributed by atoms with Gasteiger partial charge in [-0.3, -0.25) is 4.98 Å². The zero-order chi connectivity index (χ0) is 14.1. The molecule has 1 aromatic carbocycles. The van der Waals surface area contributed by atoms with E-state index < -0.39 is 6.10 Å². The topological polar surface area (TPSA) is 36.4 Å². The molecule has 1 N–H and O–H groups in total. The molecule has 3 heteroatoms. The summed E-state index contributed by atoms with van der Waals surface area (Å²) >= 11 is 0. The molecule has 104 valence electrons. The Balaban J connectivity index is 1.92. The predicted molar refractivity (Wildman–Crippen MR) is 81.1 cm³/mol. The standard InChI is InChI=1S/C17H20N2O/c1-12-5-6-15(11-18-12)17(20)14-7-8-16-13(10-14)4-3-9-19(16)2/h5-8,10-11,17,20H,3-4,9H2,1-2H3. The lowest BCUT2D eigenvalue weighted by molar-refractivity contribution is 0.219. The lowest BCUT2D eigenvalue weighted by Crippen LogP contribution is -2.24. The van der Waals surface area contributed by atoms with Crippen LogP contribution in [-0.2, 0) is 6.42 Å². The van der Waals surface area contributed by atoms with Crippen molar-refractivity contribution in [3.63, 3.8) is 0 Å². The van der Waals surface area contributed by atoms with Crippen LogP contribution in [0.5, 0.6) is 0 Å². The molecule has 1 aliphatic rings. The van der Waals surface area contributed by atoms with Gasteiger partial charge in [0.15, 0.2) is 0 Å². The molecular formula is C17H20N2O. The second-order valence-corrected chi connectivity index (χ2v) is 5.55. The molecular weight excluding hydrogens is 248 g/mol. The fraction of sp³-hybridized carbons (Fsp3) is 0.353. The highest BCUT2D eigenvalue weighted by molar-refractivity contribution is 5.56. The van der Waals surface area contributed by atoms with E-state index in [-0.39, 0.29) is 0 Å². The highest BCUT2D eigenvalue weighted by Gasteiger charge is 2.17. The first-order chi connectivity index (χ1) is 9.65. The summed E-state index contributed by atoms with van der Waals surface area (Å²) in [6.45, 7) is 3.06. The third-order valence-corrected chi connectivity index (χ3v) is 4.02. The summed E-state index contributed by atoms with van der Waals surface area (Å²) in [6, 6.07) is 10.2. The largest absolute Gasteiger partial charge is 0.384 e. The van der Waals surface area contributed by atoms with E-state index in [1.807, 2.05) is 25.1 Å². The van der Waals surface area contributed by atoms with Crippen LogP contribution in [0.1, 0.15) is 34.9 Å². The maximum absolute atomic E-state index is 10.5. The molecule has 3 rings (SSSR count). The maximum atomic E-state index is 10.5. The second kappa shape index (κ2) is 5.25. The fourth-order valence-electron chi connectivity index (χ4n) is 2.81. The summed E-state index contributed by atoms with van der Waals surface area (Å²) in [7, 11) is 2.12. The molecule has 1 aliphatic heterocycles. The first-order valence-electron chi connectivity index (χ1n) is 7.10. The molecule has 0 spiro atoms. The van der Waals surface area contributed by atoms with Crippen molar-refractivity contribution in [2.45, 2.75) is 25.9 Å². The van der Waals surface area contributed by atoms with Crippen LogP contribution in [0.4, 0.5) is 5.69 Å². The Morgan fingerprint density at radius 2 is 2.00 bits per heavy atom.